The van der Waals surface area contributed by atoms with Crippen molar-refractivity contribution in [2.75, 3.05) is 17.0 Å². The molecular weight excluding hydrogens is 448 g/mol. The van der Waals surface area contributed by atoms with Crippen molar-refractivity contribution in [2.24, 2.45) is 40.4 Å². The van der Waals surface area contributed by atoms with E-state index in [4.69, 9.17) is 0 Å². The van der Waals surface area contributed by atoms with Gasteiger partial charge in [-0.25, -0.2) is 8.78 Å². The summed E-state index contributed by atoms with van der Waals surface area (Å²) < 4.78 is 27.8. The molecule has 35 heavy (non-hydrogen) atoms. The minimum Gasteiger partial charge on any atom is -0.390 e. The summed E-state index contributed by atoms with van der Waals surface area (Å²) in [7, 11) is 0. The molecular formula is C28H39F2N3O2. The van der Waals surface area contributed by atoms with Crippen LogP contribution in [0.2, 0.25) is 0 Å². The van der Waals surface area contributed by atoms with Crippen LogP contribution in [0.15, 0.2) is 12.1 Å². The van der Waals surface area contributed by atoms with E-state index in [0.29, 0.717) is 34.8 Å². The Labute approximate surface area is 207 Å². The van der Waals surface area contributed by atoms with Gasteiger partial charge in [0.05, 0.1) is 17.8 Å². The summed E-state index contributed by atoms with van der Waals surface area (Å²) in [6.07, 6.45) is 9.64. The molecule has 1 aliphatic heterocycles. The van der Waals surface area contributed by atoms with Gasteiger partial charge in [0.25, 0.3) is 0 Å². The number of halogens is 2. The highest BCUT2D eigenvalue weighted by Gasteiger charge is 2.61. The van der Waals surface area contributed by atoms with Gasteiger partial charge in [0.2, 0.25) is 0 Å². The van der Waals surface area contributed by atoms with Gasteiger partial charge >= 0.3 is 0 Å². The van der Waals surface area contributed by atoms with Crippen LogP contribution in [-0.2, 0) is 4.79 Å². The minimum absolute atomic E-state index is 0.00205. The Kier molecular flexibility index (Phi) is 5.33. The summed E-state index contributed by atoms with van der Waals surface area (Å²) in [6, 6.07) is 2.62. The predicted octanol–water partition coefficient (Wildman–Crippen LogP) is 5.60. The molecule has 8 atom stereocenters. The van der Waals surface area contributed by atoms with E-state index < -0.39 is 17.2 Å². The molecule has 4 fully saturated rings. The molecule has 0 bridgehead atoms. The van der Waals surface area contributed by atoms with E-state index in [1.54, 1.807) is 5.01 Å². The van der Waals surface area contributed by atoms with E-state index in [9.17, 15) is 18.7 Å². The first-order valence-corrected chi connectivity index (χ1v) is 13.6. The van der Waals surface area contributed by atoms with Crippen LogP contribution in [0.25, 0.3) is 0 Å². The molecule has 5 nitrogen and oxygen atoms in total. The van der Waals surface area contributed by atoms with E-state index in [1.807, 2.05) is 6.92 Å². The lowest BCUT2D eigenvalue weighted by Crippen LogP contribution is -2.56. The highest BCUT2D eigenvalue weighted by molar-refractivity contribution is 5.88. The fraction of sp³-hybridized carbons (Fsp3) is 0.750. The minimum atomic E-state index is -0.926. The molecule has 7 heteroatoms. The number of carbonyl (C=O) groups excluding carboxylic acids is 1. The molecule has 0 radical (unpaired) electrons. The van der Waals surface area contributed by atoms with Crippen LogP contribution in [0, 0.1) is 52.1 Å². The molecule has 5 aliphatic rings. The summed E-state index contributed by atoms with van der Waals surface area (Å²) in [4.78, 5) is 13.6. The molecule has 4 saturated carbocycles. The Hall–Kier alpha value is -1.73. The largest absolute Gasteiger partial charge is 0.390 e. The average Bonchev–Trinajstić information content (AvgIpc) is 3.37. The van der Waals surface area contributed by atoms with Crippen molar-refractivity contribution < 1.29 is 18.7 Å². The number of hydrogen-bond acceptors (Lipinski definition) is 5. The van der Waals surface area contributed by atoms with Crippen molar-refractivity contribution in [3.8, 4) is 0 Å². The normalized spacial score (nSPS) is 44.2. The number of aliphatic hydroxyl groups is 1. The molecule has 0 amide bonds. The van der Waals surface area contributed by atoms with E-state index >= 15 is 0 Å². The van der Waals surface area contributed by atoms with Crippen molar-refractivity contribution in [1.82, 2.24) is 5.53 Å². The zero-order valence-electron chi connectivity index (χ0n) is 21.2. The van der Waals surface area contributed by atoms with Crippen LogP contribution in [0.1, 0.15) is 78.6 Å². The van der Waals surface area contributed by atoms with Gasteiger partial charge in [-0.3, -0.25) is 15.2 Å². The van der Waals surface area contributed by atoms with Crippen molar-refractivity contribution in [1.29, 1.82) is 0 Å². The number of nitrogens with zero attached hydrogens (tertiary/aromatic N) is 1. The maximum atomic E-state index is 14.1. The number of carbonyl (C=O) groups is 1. The SMILES string of the molecule is C[C@@]1(O)CC[C@@]2(C)[C@@H](CC[C@@H]3[C@@H]2CC[C@]2(C)[C@@H](C(=O)CN4NNc5c4ccc(F)c5F)CC[C@@H]32)C1. The lowest BCUT2D eigenvalue weighted by Gasteiger charge is -2.61. The van der Waals surface area contributed by atoms with Gasteiger partial charge in [0.15, 0.2) is 17.4 Å². The number of hydrogen-bond donors (Lipinski definition) is 3. The quantitative estimate of drug-likeness (QED) is 0.518. The topological polar surface area (TPSA) is 64.6 Å². The van der Waals surface area contributed by atoms with Crippen molar-refractivity contribution in [3.63, 3.8) is 0 Å². The highest BCUT2D eigenvalue weighted by Crippen LogP contribution is 2.68. The predicted molar refractivity (Wildman–Crippen MR) is 131 cm³/mol. The van der Waals surface area contributed by atoms with Gasteiger partial charge < -0.3 is 5.11 Å². The second-order valence-corrected chi connectivity index (χ2v) is 13.1. The van der Waals surface area contributed by atoms with Crippen molar-refractivity contribution in [3.05, 3.63) is 23.8 Å². The number of ketones is 1. The fourth-order valence-corrected chi connectivity index (χ4v) is 9.42. The second kappa shape index (κ2) is 7.88. The second-order valence-electron chi connectivity index (χ2n) is 13.1. The molecule has 0 unspecified atom stereocenters. The van der Waals surface area contributed by atoms with E-state index in [0.717, 1.165) is 44.6 Å². The maximum absolute atomic E-state index is 14.1. The van der Waals surface area contributed by atoms with Gasteiger partial charge in [-0.1, -0.05) is 13.8 Å². The monoisotopic (exact) mass is 487 g/mol. The van der Waals surface area contributed by atoms with Crippen LogP contribution in [0.4, 0.5) is 20.2 Å². The zero-order chi connectivity index (χ0) is 24.8. The third-order valence-corrected chi connectivity index (χ3v) is 11.3. The van der Waals surface area contributed by atoms with Gasteiger partial charge in [0.1, 0.15) is 5.69 Å². The molecule has 4 aliphatic carbocycles. The Bertz CT molecular complexity index is 1050. The molecule has 0 spiro atoms. The molecule has 1 aromatic carbocycles. The van der Waals surface area contributed by atoms with Crippen LogP contribution >= 0.6 is 0 Å². The fourth-order valence-electron chi connectivity index (χ4n) is 9.42. The summed E-state index contributed by atoms with van der Waals surface area (Å²) in [6.45, 7) is 7.00. The smallest absolute Gasteiger partial charge is 0.185 e. The molecule has 1 heterocycles. The van der Waals surface area contributed by atoms with Crippen LogP contribution in [0.3, 0.4) is 0 Å². The summed E-state index contributed by atoms with van der Waals surface area (Å²) in [5, 5.41) is 12.3. The van der Waals surface area contributed by atoms with Gasteiger partial charge in [-0.05, 0) is 111 Å². The number of rotatable bonds is 3. The Morgan fingerprint density at radius 3 is 2.60 bits per heavy atom. The van der Waals surface area contributed by atoms with E-state index in [-0.39, 0.29) is 29.3 Å². The number of hydrazine groups is 2. The van der Waals surface area contributed by atoms with E-state index in [1.165, 1.54) is 25.3 Å². The van der Waals surface area contributed by atoms with Gasteiger partial charge in [-0.15, -0.1) is 5.53 Å². The number of Topliss-reactive ketones (excluding diaryl/α,β-unsaturated/α-hetero) is 1. The lowest BCUT2D eigenvalue weighted by molar-refractivity contribution is -0.150. The first-order valence-electron chi connectivity index (χ1n) is 13.6. The molecule has 3 N–H and O–H groups in total. The van der Waals surface area contributed by atoms with E-state index in [2.05, 4.69) is 24.8 Å². The third kappa shape index (κ3) is 3.47. The Balaban J connectivity index is 1.19. The van der Waals surface area contributed by atoms with Crippen molar-refractivity contribution >= 4 is 17.2 Å². The molecule has 6 rings (SSSR count). The lowest BCUT2D eigenvalue weighted by atomic mass is 9.44. The molecule has 1 aromatic rings. The van der Waals surface area contributed by atoms with Crippen LogP contribution < -0.4 is 16.0 Å². The average molecular weight is 488 g/mol. The van der Waals surface area contributed by atoms with Crippen LogP contribution in [-0.4, -0.2) is 23.0 Å². The van der Waals surface area contributed by atoms with Crippen molar-refractivity contribution in [2.45, 2.75) is 84.2 Å². The Morgan fingerprint density at radius 2 is 1.80 bits per heavy atom. The summed E-state index contributed by atoms with van der Waals surface area (Å²) in [5.41, 5.74) is 5.87. The molecule has 192 valence electrons. The number of fused-ring (bicyclic) bond motifs is 6. The zero-order valence-corrected chi connectivity index (χ0v) is 21.2. The summed E-state index contributed by atoms with van der Waals surface area (Å²) in [5.74, 6) is 0.895. The third-order valence-electron chi connectivity index (χ3n) is 11.3. The standard InChI is InChI=1S/C28H39F2N3O2/c1-26(35)12-13-27(2)16(14-26)4-5-17-18-6-7-20(28(18,3)11-10-19(17)27)23(34)15-33-22-9-8-21(29)24(30)25(22)31-32-33/h8-9,16-20,31-32,35H,4-7,10-15H2,1-3H3/t16-,17-,18-,19-,20+,26+,27-,28-/m0/s1. The molecule has 0 aromatic heterocycles. The molecule has 0 saturated heterocycles. The highest BCUT2D eigenvalue weighted by atomic mass is 19.2. The number of anilines is 2. The maximum Gasteiger partial charge on any atom is 0.185 e. The number of benzene rings is 1. The van der Waals surface area contributed by atoms with Gasteiger partial charge in [-0.2, -0.15) is 0 Å². The number of nitrogens with one attached hydrogen (secondary N) is 2. The van der Waals surface area contributed by atoms with Gasteiger partial charge in [0, 0.05) is 5.92 Å². The Morgan fingerprint density at radius 1 is 1.03 bits per heavy atom. The van der Waals surface area contributed by atoms with Crippen LogP contribution in [0.5, 0.6) is 0 Å². The first-order chi connectivity index (χ1) is 16.5. The first kappa shape index (κ1) is 23.7. The summed E-state index contributed by atoms with van der Waals surface area (Å²) >= 11 is 0.